The third-order valence-corrected chi connectivity index (χ3v) is 6.79. The van der Waals surface area contributed by atoms with Crippen molar-refractivity contribution in [1.82, 2.24) is 0 Å². The molecular formula is C18H24O4. The van der Waals surface area contributed by atoms with Gasteiger partial charge in [0.25, 0.3) is 0 Å². The molecule has 0 spiro atoms. The molecule has 120 valence electrons. The summed E-state index contributed by atoms with van der Waals surface area (Å²) in [6, 6.07) is 3.43. The van der Waals surface area contributed by atoms with E-state index in [2.05, 4.69) is 6.92 Å². The van der Waals surface area contributed by atoms with Gasteiger partial charge in [0.2, 0.25) is 0 Å². The number of aliphatic hydroxyl groups is 2. The molecule has 2 unspecified atom stereocenters. The monoisotopic (exact) mass is 304 g/mol. The lowest BCUT2D eigenvalue weighted by Crippen LogP contribution is -2.44. The Morgan fingerprint density at radius 1 is 1.09 bits per heavy atom. The number of hydrogen-bond donors (Lipinski definition) is 4. The Bertz CT molecular complexity index is 613. The number of fused-ring (bicyclic) bond motifs is 5. The molecule has 0 aliphatic heterocycles. The van der Waals surface area contributed by atoms with Gasteiger partial charge in [0.05, 0.1) is 12.2 Å². The molecule has 0 bridgehead atoms. The molecule has 4 rings (SSSR count). The molecule has 4 nitrogen and oxygen atoms in total. The highest BCUT2D eigenvalue weighted by Crippen LogP contribution is 2.61. The molecule has 2 saturated carbocycles. The molecule has 0 aromatic heterocycles. The van der Waals surface area contributed by atoms with Crippen LogP contribution in [0.5, 0.6) is 11.5 Å². The largest absolute Gasteiger partial charge is 0.504 e. The molecule has 3 aliphatic rings. The van der Waals surface area contributed by atoms with Gasteiger partial charge in [-0.05, 0) is 78.5 Å². The first-order valence-corrected chi connectivity index (χ1v) is 8.32. The van der Waals surface area contributed by atoms with Crippen LogP contribution in [-0.4, -0.2) is 32.6 Å². The standard InChI is InChI=1S/C18H24O4/c1-18-5-4-10-11(13(18)8-16(21)17(18)22)3-2-9-6-14(19)15(20)7-12(9)10/h6-7,10-11,13,16-17,19-22H,2-5,8H2,1H3/t10-,11+,13-,16?,17?,18-/m0/s1. The zero-order valence-electron chi connectivity index (χ0n) is 12.9. The fraction of sp³-hybridized carbons (Fsp3) is 0.667. The number of aliphatic hydroxyl groups excluding tert-OH is 2. The Morgan fingerprint density at radius 2 is 1.82 bits per heavy atom. The molecule has 3 aliphatic carbocycles. The van der Waals surface area contributed by atoms with E-state index in [1.54, 1.807) is 12.1 Å². The van der Waals surface area contributed by atoms with Crippen LogP contribution >= 0.6 is 0 Å². The van der Waals surface area contributed by atoms with Gasteiger partial charge in [0.1, 0.15) is 0 Å². The molecule has 0 radical (unpaired) electrons. The Hall–Kier alpha value is -1.26. The maximum Gasteiger partial charge on any atom is 0.157 e. The number of rotatable bonds is 0. The van der Waals surface area contributed by atoms with Gasteiger partial charge in [-0.1, -0.05) is 6.92 Å². The van der Waals surface area contributed by atoms with Crippen LogP contribution < -0.4 is 0 Å². The zero-order valence-corrected chi connectivity index (χ0v) is 12.9. The van der Waals surface area contributed by atoms with Crippen LogP contribution in [0, 0.1) is 17.3 Å². The molecular weight excluding hydrogens is 280 g/mol. The first kappa shape index (κ1) is 14.3. The van der Waals surface area contributed by atoms with E-state index in [9.17, 15) is 20.4 Å². The molecule has 0 amide bonds. The van der Waals surface area contributed by atoms with Crippen molar-refractivity contribution in [1.29, 1.82) is 0 Å². The van der Waals surface area contributed by atoms with Crippen molar-refractivity contribution in [3.05, 3.63) is 23.3 Å². The van der Waals surface area contributed by atoms with Gasteiger partial charge in [-0.2, -0.15) is 0 Å². The lowest BCUT2D eigenvalue weighted by molar-refractivity contribution is -0.0505. The molecule has 4 heteroatoms. The number of aromatic hydroxyl groups is 2. The number of hydrogen-bond acceptors (Lipinski definition) is 4. The molecule has 22 heavy (non-hydrogen) atoms. The predicted molar refractivity (Wildman–Crippen MR) is 81.8 cm³/mol. The molecule has 2 fully saturated rings. The smallest absolute Gasteiger partial charge is 0.157 e. The molecule has 0 saturated heterocycles. The Labute approximate surface area is 130 Å². The summed E-state index contributed by atoms with van der Waals surface area (Å²) < 4.78 is 0. The molecule has 6 atom stereocenters. The van der Waals surface area contributed by atoms with Crippen molar-refractivity contribution >= 4 is 0 Å². The summed E-state index contributed by atoms with van der Waals surface area (Å²) in [4.78, 5) is 0. The summed E-state index contributed by atoms with van der Waals surface area (Å²) in [5.74, 6) is 1.07. The molecule has 1 aromatic rings. The maximum atomic E-state index is 10.4. The van der Waals surface area contributed by atoms with Crippen LogP contribution in [0.3, 0.4) is 0 Å². The number of phenolic OH excluding ortho intramolecular Hbond substituents is 2. The Kier molecular flexibility index (Phi) is 3.01. The van der Waals surface area contributed by atoms with Crippen molar-refractivity contribution in [2.45, 2.75) is 57.2 Å². The second kappa shape index (κ2) is 4.62. The fourth-order valence-corrected chi connectivity index (χ4v) is 5.58. The van der Waals surface area contributed by atoms with Crippen molar-refractivity contribution < 1.29 is 20.4 Å². The number of aryl methyl sites for hydroxylation is 1. The first-order chi connectivity index (χ1) is 10.4. The van der Waals surface area contributed by atoms with E-state index >= 15 is 0 Å². The SMILES string of the molecule is C[C@]12CC[C@@H]3c4cc(O)c(O)cc4CC[C@H]3[C@@H]1CC(O)C2O. The molecule has 4 N–H and O–H groups in total. The minimum Gasteiger partial charge on any atom is -0.504 e. The summed E-state index contributed by atoms with van der Waals surface area (Å²) in [5.41, 5.74) is 2.11. The average molecular weight is 304 g/mol. The topological polar surface area (TPSA) is 80.9 Å². The van der Waals surface area contributed by atoms with Crippen molar-refractivity contribution in [3.8, 4) is 11.5 Å². The van der Waals surface area contributed by atoms with E-state index < -0.39 is 12.2 Å². The van der Waals surface area contributed by atoms with E-state index in [0.29, 0.717) is 24.2 Å². The van der Waals surface area contributed by atoms with Crippen LogP contribution in [0.2, 0.25) is 0 Å². The highest BCUT2D eigenvalue weighted by atomic mass is 16.3. The lowest BCUT2D eigenvalue weighted by Gasteiger charge is -2.49. The minimum absolute atomic E-state index is 0.0374. The summed E-state index contributed by atoms with van der Waals surface area (Å²) in [5, 5.41) is 40.1. The van der Waals surface area contributed by atoms with Crippen LogP contribution in [0.1, 0.15) is 49.7 Å². The van der Waals surface area contributed by atoms with E-state index in [0.717, 1.165) is 36.8 Å². The minimum atomic E-state index is -0.618. The second-order valence-corrected chi connectivity index (χ2v) is 7.75. The van der Waals surface area contributed by atoms with Crippen LogP contribution in [0.15, 0.2) is 12.1 Å². The van der Waals surface area contributed by atoms with Crippen LogP contribution in [0.25, 0.3) is 0 Å². The number of benzene rings is 1. The van der Waals surface area contributed by atoms with E-state index in [1.165, 1.54) is 0 Å². The van der Waals surface area contributed by atoms with Crippen molar-refractivity contribution in [2.75, 3.05) is 0 Å². The van der Waals surface area contributed by atoms with Crippen LogP contribution in [-0.2, 0) is 6.42 Å². The molecule has 0 heterocycles. The Morgan fingerprint density at radius 3 is 2.59 bits per heavy atom. The maximum absolute atomic E-state index is 10.4. The van der Waals surface area contributed by atoms with Gasteiger partial charge in [0.15, 0.2) is 11.5 Å². The normalized spacial score (nSPS) is 43.3. The van der Waals surface area contributed by atoms with E-state index in [-0.39, 0.29) is 16.9 Å². The Balaban J connectivity index is 1.73. The van der Waals surface area contributed by atoms with Gasteiger partial charge in [-0.15, -0.1) is 0 Å². The predicted octanol–water partition coefficient (Wildman–Crippen LogP) is 2.29. The summed E-state index contributed by atoms with van der Waals surface area (Å²) in [7, 11) is 0. The lowest BCUT2D eigenvalue weighted by atomic mass is 9.55. The van der Waals surface area contributed by atoms with Crippen molar-refractivity contribution in [3.63, 3.8) is 0 Å². The van der Waals surface area contributed by atoms with E-state index in [1.807, 2.05) is 0 Å². The quantitative estimate of drug-likeness (QED) is 0.554. The van der Waals surface area contributed by atoms with Crippen molar-refractivity contribution in [2.24, 2.45) is 17.3 Å². The number of phenols is 2. The van der Waals surface area contributed by atoms with Crippen LogP contribution in [0.4, 0.5) is 0 Å². The summed E-state index contributed by atoms with van der Waals surface area (Å²) >= 11 is 0. The van der Waals surface area contributed by atoms with Gasteiger partial charge in [-0.3, -0.25) is 0 Å². The average Bonchev–Trinajstić information content (AvgIpc) is 2.72. The fourth-order valence-electron chi connectivity index (χ4n) is 5.58. The third kappa shape index (κ3) is 1.77. The third-order valence-electron chi connectivity index (χ3n) is 6.79. The molecule has 1 aromatic carbocycles. The van der Waals surface area contributed by atoms with Gasteiger partial charge in [-0.25, -0.2) is 0 Å². The van der Waals surface area contributed by atoms with E-state index in [4.69, 9.17) is 0 Å². The van der Waals surface area contributed by atoms with Gasteiger partial charge in [0, 0.05) is 0 Å². The summed E-state index contributed by atoms with van der Waals surface area (Å²) in [6.07, 6.45) is 3.25. The second-order valence-electron chi connectivity index (χ2n) is 7.75. The first-order valence-electron chi connectivity index (χ1n) is 8.32. The summed E-state index contributed by atoms with van der Waals surface area (Å²) in [6.45, 7) is 2.12. The van der Waals surface area contributed by atoms with Gasteiger partial charge >= 0.3 is 0 Å². The highest BCUT2D eigenvalue weighted by Gasteiger charge is 2.57. The zero-order chi connectivity index (χ0) is 15.6. The van der Waals surface area contributed by atoms with Gasteiger partial charge < -0.3 is 20.4 Å². The highest BCUT2D eigenvalue weighted by molar-refractivity contribution is 5.48.